The van der Waals surface area contributed by atoms with E-state index in [1.807, 2.05) is 31.2 Å². The van der Waals surface area contributed by atoms with Crippen molar-refractivity contribution < 1.29 is 4.74 Å². The number of ether oxygens (including phenoxy) is 1. The molecular weight excluding hydrogens is 224 g/mol. The van der Waals surface area contributed by atoms with Crippen molar-refractivity contribution in [1.82, 2.24) is 0 Å². The van der Waals surface area contributed by atoms with Gasteiger partial charge in [-0.2, -0.15) is 0 Å². The quantitative estimate of drug-likeness (QED) is 0.792. The molecule has 0 atom stereocenters. The van der Waals surface area contributed by atoms with Crippen LogP contribution in [0.2, 0.25) is 0 Å². The third-order valence-electron chi connectivity index (χ3n) is 3.18. The van der Waals surface area contributed by atoms with Gasteiger partial charge in [0.05, 0.1) is 18.0 Å². The number of benzene rings is 2. The van der Waals surface area contributed by atoms with Crippen molar-refractivity contribution >= 4 is 17.1 Å². The number of rotatable bonds is 2. The van der Waals surface area contributed by atoms with Crippen LogP contribution in [0.25, 0.3) is 0 Å². The lowest BCUT2D eigenvalue weighted by Gasteiger charge is -2.11. The van der Waals surface area contributed by atoms with Crippen molar-refractivity contribution in [3.63, 3.8) is 0 Å². The summed E-state index contributed by atoms with van der Waals surface area (Å²) in [7, 11) is 0. The van der Waals surface area contributed by atoms with Crippen LogP contribution in [0.3, 0.4) is 0 Å². The van der Waals surface area contributed by atoms with Gasteiger partial charge in [-0.1, -0.05) is 6.07 Å². The molecule has 0 aromatic heterocycles. The van der Waals surface area contributed by atoms with Crippen LogP contribution in [0.1, 0.15) is 11.1 Å². The molecule has 1 aliphatic rings. The fraction of sp³-hybridized carbons (Fsp3) is 0.200. The lowest BCUT2D eigenvalue weighted by Crippen LogP contribution is -1.97. The van der Waals surface area contributed by atoms with E-state index in [-0.39, 0.29) is 0 Å². The molecule has 1 heterocycles. The number of aryl methyl sites for hydroxylation is 1. The first-order valence-electron chi connectivity index (χ1n) is 6.11. The summed E-state index contributed by atoms with van der Waals surface area (Å²) in [5, 5.41) is 3.35. The molecular formula is C15H16N2O. The number of fused-ring (bicyclic) bond motifs is 1. The number of anilines is 3. The van der Waals surface area contributed by atoms with E-state index >= 15 is 0 Å². The minimum atomic E-state index is 0.770. The molecule has 0 radical (unpaired) electrons. The first-order valence-corrected chi connectivity index (χ1v) is 6.11. The molecule has 3 heteroatoms. The van der Waals surface area contributed by atoms with Crippen molar-refractivity contribution in [3.8, 4) is 5.75 Å². The lowest BCUT2D eigenvalue weighted by molar-refractivity contribution is 0.357. The van der Waals surface area contributed by atoms with Crippen LogP contribution >= 0.6 is 0 Å². The molecule has 1 aliphatic heterocycles. The molecule has 2 aromatic rings. The van der Waals surface area contributed by atoms with Crippen molar-refractivity contribution in [2.75, 3.05) is 17.7 Å². The highest BCUT2D eigenvalue weighted by Crippen LogP contribution is 2.30. The van der Waals surface area contributed by atoms with Gasteiger partial charge >= 0.3 is 0 Å². The fourth-order valence-electron chi connectivity index (χ4n) is 2.22. The largest absolute Gasteiger partial charge is 0.493 e. The van der Waals surface area contributed by atoms with E-state index in [1.54, 1.807) is 0 Å². The Morgan fingerprint density at radius 3 is 2.89 bits per heavy atom. The Morgan fingerprint density at radius 2 is 2.06 bits per heavy atom. The van der Waals surface area contributed by atoms with Crippen molar-refractivity contribution in [2.45, 2.75) is 13.3 Å². The lowest BCUT2D eigenvalue weighted by atomic mass is 10.1. The van der Waals surface area contributed by atoms with Crippen LogP contribution in [0.5, 0.6) is 5.75 Å². The van der Waals surface area contributed by atoms with Gasteiger partial charge in [0.2, 0.25) is 0 Å². The highest BCUT2D eigenvalue weighted by Gasteiger charge is 2.12. The average Bonchev–Trinajstić information content (AvgIpc) is 2.80. The summed E-state index contributed by atoms with van der Waals surface area (Å²) < 4.78 is 5.49. The molecule has 0 saturated carbocycles. The van der Waals surface area contributed by atoms with E-state index in [0.29, 0.717) is 0 Å². The summed E-state index contributed by atoms with van der Waals surface area (Å²) >= 11 is 0. The van der Waals surface area contributed by atoms with Crippen LogP contribution in [-0.4, -0.2) is 6.61 Å². The number of nitrogen functional groups attached to an aromatic ring is 1. The van der Waals surface area contributed by atoms with Crippen LogP contribution in [-0.2, 0) is 6.42 Å². The maximum Gasteiger partial charge on any atom is 0.122 e. The van der Waals surface area contributed by atoms with E-state index in [9.17, 15) is 0 Å². The number of nitrogens with two attached hydrogens (primary N) is 1. The van der Waals surface area contributed by atoms with E-state index in [2.05, 4.69) is 17.4 Å². The van der Waals surface area contributed by atoms with Gasteiger partial charge in [0, 0.05) is 12.1 Å². The Kier molecular flexibility index (Phi) is 2.59. The topological polar surface area (TPSA) is 47.3 Å². The fourth-order valence-corrected chi connectivity index (χ4v) is 2.22. The first-order chi connectivity index (χ1) is 8.72. The van der Waals surface area contributed by atoms with Gasteiger partial charge in [0.25, 0.3) is 0 Å². The first kappa shape index (κ1) is 11.0. The van der Waals surface area contributed by atoms with E-state index in [1.165, 1.54) is 11.1 Å². The zero-order valence-electron chi connectivity index (χ0n) is 10.4. The highest BCUT2D eigenvalue weighted by molar-refractivity contribution is 5.73. The van der Waals surface area contributed by atoms with Gasteiger partial charge in [0.15, 0.2) is 0 Å². The molecule has 92 valence electrons. The smallest absolute Gasteiger partial charge is 0.122 e. The Hall–Kier alpha value is -2.16. The molecule has 0 saturated heterocycles. The second-order valence-corrected chi connectivity index (χ2v) is 4.64. The van der Waals surface area contributed by atoms with E-state index in [4.69, 9.17) is 10.5 Å². The van der Waals surface area contributed by atoms with Gasteiger partial charge in [0.1, 0.15) is 5.75 Å². The Bertz CT molecular complexity index is 593. The average molecular weight is 240 g/mol. The predicted octanol–water partition coefficient (Wildman–Crippen LogP) is 3.26. The van der Waals surface area contributed by atoms with Crippen LogP contribution in [0.15, 0.2) is 36.4 Å². The van der Waals surface area contributed by atoms with Crippen molar-refractivity contribution in [1.29, 1.82) is 0 Å². The molecule has 0 spiro atoms. The predicted molar refractivity (Wildman–Crippen MR) is 74.5 cm³/mol. The summed E-state index contributed by atoms with van der Waals surface area (Å²) in [6, 6.07) is 12.2. The van der Waals surface area contributed by atoms with Gasteiger partial charge < -0.3 is 15.8 Å². The van der Waals surface area contributed by atoms with Gasteiger partial charge in [-0.25, -0.2) is 0 Å². The Balaban J connectivity index is 1.88. The molecule has 3 rings (SSSR count). The Labute approximate surface area is 107 Å². The molecule has 18 heavy (non-hydrogen) atoms. The summed E-state index contributed by atoms with van der Waals surface area (Å²) in [6.45, 7) is 2.82. The maximum absolute atomic E-state index is 5.99. The third-order valence-corrected chi connectivity index (χ3v) is 3.18. The summed E-state index contributed by atoms with van der Waals surface area (Å²) in [4.78, 5) is 0. The zero-order chi connectivity index (χ0) is 12.5. The Morgan fingerprint density at radius 1 is 1.17 bits per heavy atom. The van der Waals surface area contributed by atoms with Crippen LogP contribution in [0.4, 0.5) is 17.1 Å². The normalized spacial score (nSPS) is 12.9. The van der Waals surface area contributed by atoms with Crippen molar-refractivity contribution in [2.24, 2.45) is 0 Å². The molecule has 0 amide bonds. The zero-order valence-corrected chi connectivity index (χ0v) is 10.4. The van der Waals surface area contributed by atoms with Crippen LogP contribution in [0, 0.1) is 6.92 Å². The number of hydrogen-bond donors (Lipinski definition) is 2. The monoisotopic (exact) mass is 240 g/mol. The molecule has 0 unspecified atom stereocenters. The molecule has 2 aromatic carbocycles. The number of nitrogens with one attached hydrogen (secondary N) is 1. The van der Waals surface area contributed by atoms with Gasteiger partial charge in [-0.05, 0) is 48.4 Å². The van der Waals surface area contributed by atoms with Crippen molar-refractivity contribution in [3.05, 3.63) is 47.5 Å². The summed E-state index contributed by atoms with van der Waals surface area (Å²) in [5.41, 5.74) is 11.2. The molecule has 0 fully saturated rings. The van der Waals surface area contributed by atoms with Gasteiger partial charge in [-0.15, -0.1) is 0 Å². The standard InChI is InChI=1S/C15H16N2O/c1-10-2-4-14(13(16)8-10)17-12-3-5-15-11(9-12)6-7-18-15/h2-5,8-9,17H,6-7,16H2,1H3. The van der Waals surface area contributed by atoms with E-state index < -0.39 is 0 Å². The number of hydrogen-bond acceptors (Lipinski definition) is 3. The third kappa shape index (κ3) is 1.99. The molecule has 0 bridgehead atoms. The summed E-state index contributed by atoms with van der Waals surface area (Å²) in [5.74, 6) is 0.998. The van der Waals surface area contributed by atoms with Crippen LogP contribution < -0.4 is 15.8 Å². The minimum Gasteiger partial charge on any atom is -0.493 e. The molecule has 3 N–H and O–H groups in total. The minimum absolute atomic E-state index is 0.770. The van der Waals surface area contributed by atoms with Gasteiger partial charge in [-0.3, -0.25) is 0 Å². The highest BCUT2D eigenvalue weighted by atomic mass is 16.5. The SMILES string of the molecule is Cc1ccc(Nc2ccc3c(c2)CCO3)c(N)c1. The summed E-state index contributed by atoms with van der Waals surface area (Å²) in [6.07, 6.45) is 0.980. The second kappa shape index (κ2) is 4.26. The maximum atomic E-state index is 5.99. The van der Waals surface area contributed by atoms with E-state index in [0.717, 1.165) is 35.8 Å². The molecule has 3 nitrogen and oxygen atoms in total. The molecule has 0 aliphatic carbocycles. The second-order valence-electron chi connectivity index (χ2n) is 4.64.